The lowest BCUT2D eigenvalue weighted by Gasteiger charge is -2.12. The predicted octanol–water partition coefficient (Wildman–Crippen LogP) is 4.46. The minimum atomic E-state index is -4.39. The van der Waals surface area contributed by atoms with Crippen LogP contribution >= 0.6 is 0 Å². The number of anilines is 2. The number of rotatable bonds is 6. The number of aryl methyl sites for hydroxylation is 1. The number of halogens is 3. The number of methoxy groups -OCH3 is 1. The highest BCUT2D eigenvalue weighted by Crippen LogP contribution is 2.30. The summed E-state index contributed by atoms with van der Waals surface area (Å²) >= 11 is 0. The fraction of sp³-hybridized carbons (Fsp3) is 0.278. The lowest BCUT2D eigenvalue weighted by molar-refractivity contribution is -0.137. The average molecular weight is 352 g/mol. The van der Waals surface area contributed by atoms with Crippen LogP contribution in [0.3, 0.4) is 0 Å². The SMILES string of the molecule is COc1ccc(C)cc1NC(=O)CCNc1cccc(C(F)(F)F)c1. The summed E-state index contributed by atoms with van der Waals surface area (Å²) in [4.78, 5) is 12.0. The first-order chi connectivity index (χ1) is 11.8. The Morgan fingerprint density at radius 2 is 1.92 bits per heavy atom. The second kappa shape index (κ2) is 7.92. The number of hydrogen-bond acceptors (Lipinski definition) is 3. The molecule has 0 atom stereocenters. The second-order valence-electron chi connectivity index (χ2n) is 5.51. The van der Waals surface area contributed by atoms with E-state index >= 15 is 0 Å². The van der Waals surface area contributed by atoms with Gasteiger partial charge in [-0.05, 0) is 42.8 Å². The Bertz CT molecular complexity index is 745. The molecular weight excluding hydrogens is 333 g/mol. The maximum atomic E-state index is 12.7. The van der Waals surface area contributed by atoms with Crippen LogP contribution < -0.4 is 15.4 Å². The first-order valence-electron chi connectivity index (χ1n) is 7.65. The lowest BCUT2D eigenvalue weighted by Crippen LogP contribution is -2.17. The van der Waals surface area contributed by atoms with Crippen LogP contribution in [0.5, 0.6) is 5.75 Å². The molecule has 0 bridgehead atoms. The molecule has 0 unspecified atom stereocenters. The van der Waals surface area contributed by atoms with E-state index in [0.717, 1.165) is 17.7 Å². The van der Waals surface area contributed by atoms with Crippen LogP contribution in [-0.4, -0.2) is 19.6 Å². The van der Waals surface area contributed by atoms with E-state index in [-0.39, 0.29) is 18.9 Å². The first kappa shape index (κ1) is 18.6. The van der Waals surface area contributed by atoms with Gasteiger partial charge in [-0.25, -0.2) is 0 Å². The zero-order chi connectivity index (χ0) is 18.4. The Hall–Kier alpha value is -2.70. The van der Waals surface area contributed by atoms with Crippen molar-refractivity contribution in [3.63, 3.8) is 0 Å². The highest BCUT2D eigenvalue weighted by Gasteiger charge is 2.30. The minimum Gasteiger partial charge on any atom is -0.495 e. The van der Waals surface area contributed by atoms with E-state index in [1.807, 2.05) is 13.0 Å². The summed E-state index contributed by atoms with van der Waals surface area (Å²) in [5.41, 5.74) is 1.12. The van der Waals surface area contributed by atoms with Gasteiger partial charge in [0.15, 0.2) is 0 Å². The molecule has 0 aliphatic rings. The van der Waals surface area contributed by atoms with E-state index in [4.69, 9.17) is 4.74 Å². The van der Waals surface area contributed by atoms with Crippen molar-refractivity contribution in [2.45, 2.75) is 19.5 Å². The zero-order valence-electron chi connectivity index (χ0n) is 13.9. The molecule has 0 fully saturated rings. The molecule has 0 saturated carbocycles. The molecule has 0 aromatic heterocycles. The Kier molecular flexibility index (Phi) is 5.90. The quantitative estimate of drug-likeness (QED) is 0.807. The van der Waals surface area contributed by atoms with Crippen LogP contribution in [0.2, 0.25) is 0 Å². The smallest absolute Gasteiger partial charge is 0.416 e. The number of benzene rings is 2. The van der Waals surface area contributed by atoms with Gasteiger partial charge in [0.05, 0.1) is 18.4 Å². The summed E-state index contributed by atoms with van der Waals surface area (Å²) in [5.74, 6) is 0.285. The number of carbonyl (C=O) groups is 1. The van der Waals surface area contributed by atoms with Gasteiger partial charge in [-0.3, -0.25) is 4.79 Å². The maximum Gasteiger partial charge on any atom is 0.416 e. The van der Waals surface area contributed by atoms with Gasteiger partial charge in [0.25, 0.3) is 0 Å². The summed E-state index contributed by atoms with van der Waals surface area (Å²) in [6.45, 7) is 2.10. The molecule has 25 heavy (non-hydrogen) atoms. The molecule has 134 valence electrons. The molecule has 2 rings (SSSR count). The van der Waals surface area contributed by atoms with Crippen LogP contribution in [0.25, 0.3) is 0 Å². The molecule has 0 aliphatic heterocycles. The lowest BCUT2D eigenvalue weighted by atomic mass is 10.2. The van der Waals surface area contributed by atoms with Crippen molar-refractivity contribution in [3.05, 3.63) is 53.6 Å². The maximum absolute atomic E-state index is 12.7. The average Bonchev–Trinajstić information content (AvgIpc) is 2.54. The van der Waals surface area contributed by atoms with Crippen molar-refractivity contribution in [2.24, 2.45) is 0 Å². The minimum absolute atomic E-state index is 0.105. The number of alkyl halides is 3. The second-order valence-corrected chi connectivity index (χ2v) is 5.51. The van der Waals surface area contributed by atoms with E-state index in [2.05, 4.69) is 10.6 Å². The predicted molar refractivity (Wildman–Crippen MR) is 90.9 cm³/mol. The summed E-state index contributed by atoms with van der Waals surface area (Å²) in [7, 11) is 1.51. The van der Waals surface area contributed by atoms with Crippen molar-refractivity contribution in [1.29, 1.82) is 0 Å². The van der Waals surface area contributed by atoms with E-state index < -0.39 is 11.7 Å². The third-order valence-corrected chi connectivity index (χ3v) is 3.50. The standard InChI is InChI=1S/C18H19F3N2O2/c1-12-6-7-16(25-2)15(10-12)23-17(24)8-9-22-14-5-3-4-13(11-14)18(19,20)21/h3-7,10-11,22H,8-9H2,1-2H3,(H,23,24). The molecule has 2 aromatic rings. The van der Waals surface area contributed by atoms with Crippen molar-refractivity contribution >= 4 is 17.3 Å². The molecule has 2 aromatic carbocycles. The zero-order valence-corrected chi connectivity index (χ0v) is 13.9. The largest absolute Gasteiger partial charge is 0.495 e. The summed E-state index contributed by atoms with van der Waals surface area (Å²) in [6, 6.07) is 10.3. The Morgan fingerprint density at radius 3 is 2.60 bits per heavy atom. The van der Waals surface area contributed by atoms with Crippen LogP contribution in [0.1, 0.15) is 17.5 Å². The molecule has 0 heterocycles. The van der Waals surface area contributed by atoms with Gasteiger partial charge in [0, 0.05) is 18.7 Å². The third kappa shape index (κ3) is 5.41. The van der Waals surface area contributed by atoms with Gasteiger partial charge in [0.1, 0.15) is 5.75 Å². The molecule has 2 N–H and O–H groups in total. The number of ether oxygens (including phenoxy) is 1. The van der Waals surface area contributed by atoms with Gasteiger partial charge < -0.3 is 15.4 Å². The molecular formula is C18H19F3N2O2. The summed E-state index contributed by atoms with van der Waals surface area (Å²) < 4.78 is 43.2. The number of nitrogens with one attached hydrogen (secondary N) is 2. The summed E-state index contributed by atoms with van der Waals surface area (Å²) in [6.07, 6.45) is -4.29. The number of hydrogen-bond donors (Lipinski definition) is 2. The Balaban J connectivity index is 1.90. The Morgan fingerprint density at radius 1 is 1.16 bits per heavy atom. The van der Waals surface area contributed by atoms with Gasteiger partial charge in [-0.2, -0.15) is 13.2 Å². The normalized spacial score (nSPS) is 11.1. The van der Waals surface area contributed by atoms with E-state index in [9.17, 15) is 18.0 Å². The van der Waals surface area contributed by atoms with E-state index in [1.165, 1.54) is 19.2 Å². The van der Waals surface area contributed by atoms with Crippen LogP contribution in [0.15, 0.2) is 42.5 Å². The number of amides is 1. The molecule has 1 amide bonds. The molecule has 0 radical (unpaired) electrons. The topological polar surface area (TPSA) is 50.4 Å². The van der Waals surface area contributed by atoms with Gasteiger partial charge in [-0.15, -0.1) is 0 Å². The van der Waals surface area contributed by atoms with Crippen molar-refractivity contribution in [2.75, 3.05) is 24.3 Å². The van der Waals surface area contributed by atoms with Crippen molar-refractivity contribution in [3.8, 4) is 5.75 Å². The van der Waals surface area contributed by atoms with E-state index in [1.54, 1.807) is 12.1 Å². The van der Waals surface area contributed by atoms with Gasteiger partial charge in [0.2, 0.25) is 5.91 Å². The molecule has 4 nitrogen and oxygen atoms in total. The highest BCUT2D eigenvalue weighted by atomic mass is 19.4. The molecule has 0 spiro atoms. The van der Waals surface area contributed by atoms with E-state index in [0.29, 0.717) is 17.1 Å². The fourth-order valence-corrected chi connectivity index (χ4v) is 2.26. The number of carbonyl (C=O) groups excluding carboxylic acids is 1. The Labute approximate surface area is 144 Å². The van der Waals surface area contributed by atoms with Gasteiger partial charge in [-0.1, -0.05) is 12.1 Å². The highest BCUT2D eigenvalue weighted by molar-refractivity contribution is 5.92. The van der Waals surface area contributed by atoms with Crippen LogP contribution in [0, 0.1) is 6.92 Å². The third-order valence-electron chi connectivity index (χ3n) is 3.50. The van der Waals surface area contributed by atoms with Crippen LogP contribution in [-0.2, 0) is 11.0 Å². The molecule has 0 saturated heterocycles. The van der Waals surface area contributed by atoms with Crippen LogP contribution in [0.4, 0.5) is 24.5 Å². The van der Waals surface area contributed by atoms with Crippen molar-refractivity contribution in [1.82, 2.24) is 0 Å². The fourth-order valence-electron chi connectivity index (χ4n) is 2.26. The molecule has 7 heteroatoms. The monoisotopic (exact) mass is 352 g/mol. The summed E-state index contributed by atoms with van der Waals surface area (Å²) in [5, 5.41) is 5.56. The van der Waals surface area contributed by atoms with Gasteiger partial charge >= 0.3 is 6.18 Å². The first-order valence-corrected chi connectivity index (χ1v) is 7.65. The van der Waals surface area contributed by atoms with Crippen molar-refractivity contribution < 1.29 is 22.7 Å². The molecule has 0 aliphatic carbocycles.